The molecular formula is C18H36N2O4S2. The number of hydrogen-bond donors (Lipinski definition) is 0. The molecule has 26 heavy (non-hydrogen) atoms. The molecule has 6 nitrogen and oxygen atoms in total. The molecule has 2 saturated heterocycles. The molecule has 0 saturated carbocycles. The average Bonchev–Trinajstić information content (AvgIpc) is 2.65. The maximum absolute atomic E-state index is 12.2. The van der Waals surface area contributed by atoms with Crippen molar-refractivity contribution in [2.24, 2.45) is 0 Å². The standard InChI is InChI=1S/C18H36N2O4S2/c21-25(22,19-13-7-5-8-14-19)17-11-3-1-2-4-12-18-26(23,24)20-15-9-6-10-16-20/h1-18H2. The van der Waals surface area contributed by atoms with Crippen LogP contribution in [0, 0.1) is 0 Å². The first-order valence-electron chi connectivity index (χ1n) is 10.4. The summed E-state index contributed by atoms with van der Waals surface area (Å²) in [7, 11) is -6.13. The summed E-state index contributed by atoms with van der Waals surface area (Å²) in [5.74, 6) is 0.521. The van der Waals surface area contributed by atoms with Gasteiger partial charge in [0.25, 0.3) is 0 Å². The molecule has 0 spiro atoms. The third-order valence-electron chi connectivity index (χ3n) is 5.47. The lowest BCUT2D eigenvalue weighted by atomic mass is 10.1. The molecule has 0 aliphatic carbocycles. The van der Waals surface area contributed by atoms with E-state index in [0.29, 0.717) is 39.0 Å². The fraction of sp³-hybridized carbons (Fsp3) is 1.00. The molecule has 0 bridgehead atoms. The van der Waals surface area contributed by atoms with Crippen LogP contribution < -0.4 is 0 Å². The lowest BCUT2D eigenvalue weighted by Crippen LogP contribution is -2.37. The number of rotatable bonds is 11. The van der Waals surface area contributed by atoms with Crippen molar-refractivity contribution in [3.63, 3.8) is 0 Å². The summed E-state index contributed by atoms with van der Waals surface area (Å²) >= 11 is 0. The molecular weight excluding hydrogens is 372 g/mol. The zero-order valence-corrected chi connectivity index (χ0v) is 17.7. The first-order chi connectivity index (χ1) is 12.4. The summed E-state index contributed by atoms with van der Waals surface area (Å²) in [5.41, 5.74) is 0. The molecule has 0 unspecified atom stereocenters. The molecule has 2 aliphatic heterocycles. The second-order valence-electron chi connectivity index (χ2n) is 7.67. The van der Waals surface area contributed by atoms with Crippen LogP contribution in [-0.2, 0) is 20.0 Å². The highest BCUT2D eigenvalue weighted by Gasteiger charge is 2.24. The van der Waals surface area contributed by atoms with Gasteiger partial charge in [-0.05, 0) is 38.5 Å². The predicted octanol–water partition coefficient (Wildman–Crippen LogP) is 2.96. The van der Waals surface area contributed by atoms with E-state index in [0.717, 1.165) is 64.2 Å². The van der Waals surface area contributed by atoms with Gasteiger partial charge in [0.1, 0.15) is 0 Å². The first-order valence-corrected chi connectivity index (χ1v) is 13.6. The highest BCUT2D eigenvalue weighted by atomic mass is 32.2. The van der Waals surface area contributed by atoms with Gasteiger partial charge in [0.15, 0.2) is 0 Å². The smallest absolute Gasteiger partial charge is 0.212 e. The van der Waals surface area contributed by atoms with Crippen LogP contribution in [-0.4, -0.2) is 63.1 Å². The summed E-state index contributed by atoms with van der Waals surface area (Å²) in [6.07, 6.45) is 11.4. The van der Waals surface area contributed by atoms with Crippen LogP contribution in [0.5, 0.6) is 0 Å². The van der Waals surface area contributed by atoms with E-state index in [4.69, 9.17) is 0 Å². The molecule has 0 N–H and O–H groups in total. The molecule has 0 amide bonds. The zero-order chi connectivity index (χ0) is 18.9. The van der Waals surface area contributed by atoms with E-state index in [9.17, 15) is 16.8 Å². The van der Waals surface area contributed by atoms with Crippen LogP contribution in [0.1, 0.15) is 77.0 Å². The molecule has 2 aliphatic rings. The van der Waals surface area contributed by atoms with Gasteiger partial charge in [-0.3, -0.25) is 0 Å². The van der Waals surface area contributed by atoms with E-state index in [-0.39, 0.29) is 11.5 Å². The second kappa shape index (κ2) is 11.0. The normalized spacial score (nSPS) is 21.1. The highest BCUT2D eigenvalue weighted by molar-refractivity contribution is 7.89. The minimum absolute atomic E-state index is 0.260. The third kappa shape index (κ3) is 7.44. The van der Waals surface area contributed by atoms with Gasteiger partial charge in [-0.25, -0.2) is 25.4 Å². The average molecular weight is 409 g/mol. The number of sulfonamides is 2. The number of hydrogen-bond acceptors (Lipinski definition) is 4. The van der Waals surface area contributed by atoms with Gasteiger partial charge in [0.05, 0.1) is 11.5 Å². The van der Waals surface area contributed by atoms with E-state index < -0.39 is 20.0 Å². The summed E-state index contributed by atoms with van der Waals surface area (Å²) in [5, 5.41) is 0. The van der Waals surface area contributed by atoms with Crippen LogP contribution in [0.15, 0.2) is 0 Å². The Labute approximate surface area is 160 Å². The highest BCUT2D eigenvalue weighted by Crippen LogP contribution is 2.17. The maximum Gasteiger partial charge on any atom is 0.214 e. The van der Waals surface area contributed by atoms with Crippen molar-refractivity contribution < 1.29 is 16.8 Å². The molecule has 2 heterocycles. The quantitative estimate of drug-likeness (QED) is 0.493. The Morgan fingerprint density at radius 3 is 1.12 bits per heavy atom. The first kappa shape index (κ1) is 22.1. The monoisotopic (exact) mass is 408 g/mol. The van der Waals surface area contributed by atoms with Crippen LogP contribution in [0.3, 0.4) is 0 Å². The van der Waals surface area contributed by atoms with Crippen LogP contribution in [0.4, 0.5) is 0 Å². The summed E-state index contributed by atoms with van der Waals surface area (Å²) < 4.78 is 52.3. The number of unbranched alkanes of at least 4 members (excludes halogenated alkanes) is 5. The molecule has 0 aromatic rings. The van der Waals surface area contributed by atoms with E-state index in [1.54, 1.807) is 8.61 Å². The Bertz CT molecular complexity index is 539. The van der Waals surface area contributed by atoms with Gasteiger partial charge >= 0.3 is 0 Å². The summed E-state index contributed by atoms with van der Waals surface area (Å²) in [4.78, 5) is 0. The summed E-state index contributed by atoms with van der Waals surface area (Å²) in [6, 6.07) is 0. The third-order valence-corrected chi connectivity index (χ3v) is 9.38. The van der Waals surface area contributed by atoms with Crippen molar-refractivity contribution in [3.05, 3.63) is 0 Å². The molecule has 154 valence electrons. The van der Waals surface area contributed by atoms with Crippen molar-refractivity contribution in [2.45, 2.75) is 77.0 Å². The minimum atomic E-state index is -3.06. The molecule has 0 aromatic heterocycles. The minimum Gasteiger partial charge on any atom is -0.212 e. The predicted molar refractivity (Wildman–Crippen MR) is 106 cm³/mol. The Hall–Kier alpha value is -0.180. The lowest BCUT2D eigenvalue weighted by molar-refractivity contribution is 0.345. The molecule has 2 rings (SSSR count). The topological polar surface area (TPSA) is 74.8 Å². The maximum atomic E-state index is 12.2. The molecule has 0 radical (unpaired) electrons. The van der Waals surface area contributed by atoms with E-state index in [2.05, 4.69) is 0 Å². The Morgan fingerprint density at radius 2 is 0.769 bits per heavy atom. The van der Waals surface area contributed by atoms with Gasteiger partial charge in [-0.2, -0.15) is 0 Å². The fourth-order valence-electron chi connectivity index (χ4n) is 3.82. The fourth-order valence-corrected chi connectivity index (χ4v) is 7.10. The van der Waals surface area contributed by atoms with Crippen molar-refractivity contribution in [1.29, 1.82) is 0 Å². The van der Waals surface area contributed by atoms with Gasteiger partial charge in [0.2, 0.25) is 20.0 Å². The summed E-state index contributed by atoms with van der Waals surface area (Å²) in [6.45, 7) is 2.75. The Balaban J connectivity index is 1.51. The lowest BCUT2D eigenvalue weighted by Gasteiger charge is -2.26. The van der Waals surface area contributed by atoms with E-state index >= 15 is 0 Å². The molecule has 0 atom stereocenters. The van der Waals surface area contributed by atoms with Gasteiger partial charge in [-0.15, -0.1) is 0 Å². The Kier molecular flexibility index (Phi) is 9.33. The molecule has 8 heteroatoms. The van der Waals surface area contributed by atoms with Crippen molar-refractivity contribution in [3.8, 4) is 0 Å². The van der Waals surface area contributed by atoms with Gasteiger partial charge < -0.3 is 0 Å². The van der Waals surface area contributed by atoms with Crippen molar-refractivity contribution in [1.82, 2.24) is 8.61 Å². The van der Waals surface area contributed by atoms with Crippen molar-refractivity contribution in [2.75, 3.05) is 37.7 Å². The van der Waals surface area contributed by atoms with Crippen molar-refractivity contribution >= 4 is 20.0 Å². The van der Waals surface area contributed by atoms with Crippen LogP contribution >= 0.6 is 0 Å². The Morgan fingerprint density at radius 1 is 0.462 bits per heavy atom. The van der Waals surface area contributed by atoms with Gasteiger partial charge in [-0.1, -0.05) is 38.5 Å². The van der Waals surface area contributed by atoms with E-state index in [1.165, 1.54) is 0 Å². The zero-order valence-electron chi connectivity index (χ0n) is 16.1. The SMILES string of the molecule is O=S(=O)(CCCCCCCCS(=O)(=O)N1CCCCC1)N1CCCCC1. The van der Waals surface area contributed by atoms with Crippen LogP contribution in [0.25, 0.3) is 0 Å². The molecule has 2 fully saturated rings. The van der Waals surface area contributed by atoms with Gasteiger partial charge in [0, 0.05) is 26.2 Å². The number of nitrogens with zero attached hydrogens (tertiary/aromatic N) is 2. The van der Waals surface area contributed by atoms with Crippen LogP contribution in [0.2, 0.25) is 0 Å². The molecule has 0 aromatic carbocycles. The largest absolute Gasteiger partial charge is 0.214 e. The number of piperidine rings is 2. The van der Waals surface area contributed by atoms with E-state index in [1.807, 2.05) is 0 Å². The second-order valence-corrected chi connectivity index (χ2v) is 11.8.